The standard InChI is InChI=1S/C24H29NO5S/c1-24(2)21(16-18-8-4-3-5-9-18)25(23(28)30-24)13-15-31-20-11-6-10-19(17-20)29-14-7-12-22(26)27/h3-6,8-11,17,21H,7,12-16H2,1-2H3,(H,26,27)/t21-/m0/s1. The second-order valence-electron chi connectivity index (χ2n) is 8.04. The van der Waals surface area contributed by atoms with Gasteiger partial charge in [-0.15, -0.1) is 11.8 Å². The molecule has 0 saturated carbocycles. The lowest BCUT2D eigenvalue weighted by molar-refractivity contribution is -0.137. The Balaban J connectivity index is 1.54. The van der Waals surface area contributed by atoms with Gasteiger partial charge in [-0.25, -0.2) is 4.79 Å². The van der Waals surface area contributed by atoms with E-state index in [4.69, 9.17) is 14.6 Å². The molecule has 1 amide bonds. The molecule has 7 heteroatoms. The predicted molar refractivity (Wildman–Crippen MR) is 121 cm³/mol. The molecular formula is C24H29NO5S. The Hall–Kier alpha value is -2.67. The van der Waals surface area contributed by atoms with Crippen molar-refractivity contribution in [2.75, 3.05) is 18.9 Å². The molecule has 0 spiro atoms. The van der Waals surface area contributed by atoms with Crippen LogP contribution in [0.5, 0.6) is 5.75 Å². The van der Waals surface area contributed by atoms with Gasteiger partial charge < -0.3 is 19.5 Å². The van der Waals surface area contributed by atoms with Crippen molar-refractivity contribution in [3.05, 3.63) is 60.2 Å². The van der Waals surface area contributed by atoms with Gasteiger partial charge >= 0.3 is 12.1 Å². The maximum Gasteiger partial charge on any atom is 0.410 e. The van der Waals surface area contributed by atoms with Crippen molar-refractivity contribution in [3.8, 4) is 5.75 Å². The summed E-state index contributed by atoms with van der Waals surface area (Å²) in [6, 6.07) is 17.9. The fraction of sp³-hybridized carbons (Fsp3) is 0.417. The van der Waals surface area contributed by atoms with Gasteiger partial charge in [-0.2, -0.15) is 0 Å². The van der Waals surface area contributed by atoms with Crippen molar-refractivity contribution in [3.63, 3.8) is 0 Å². The Morgan fingerprint density at radius 1 is 1.19 bits per heavy atom. The van der Waals surface area contributed by atoms with Gasteiger partial charge in [0.25, 0.3) is 0 Å². The molecule has 0 aliphatic carbocycles. The van der Waals surface area contributed by atoms with Gasteiger partial charge in [-0.3, -0.25) is 4.79 Å². The quantitative estimate of drug-likeness (QED) is 0.395. The number of benzene rings is 2. The number of hydrogen-bond acceptors (Lipinski definition) is 5. The van der Waals surface area contributed by atoms with Crippen LogP contribution in [0.15, 0.2) is 59.5 Å². The fourth-order valence-electron chi connectivity index (χ4n) is 3.62. The highest BCUT2D eigenvalue weighted by Crippen LogP contribution is 2.32. The summed E-state index contributed by atoms with van der Waals surface area (Å²) < 4.78 is 11.3. The molecule has 1 saturated heterocycles. The Kier molecular flexibility index (Phi) is 7.85. The first-order valence-electron chi connectivity index (χ1n) is 10.5. The molecule has 1 aliphatic rings. The van der Waals surface area contributed by atoms with Crippen LogP contribution >= 0.6 is 11.8 Å². The number of rotatable bonds is 11. The molecule has 31 heavy (non-hydrogen) atoms. The average molecular weight is 444 g/mol. The van der Waals surface area contributed by atoms with Gasteiger partial charge in [0, 0.05) is 23.6 Å². The van der Waals surface area contributed by atoms with E-state index in [1.165, 1.54) is 5.56 Å². The third-order valence-electron chi connectivity index (χ3n) is 5.25. The number of carbonyl (C=O) groups excluding carboxylic acids is 1. The van der Waals surface area contributed by atoms with Gasteiger partial charge in [0.1, 0.15) is 11.4 Å². The number of thioether (sulfide) groups is 1. The summed E-state index contributed by atoms with van der Waals surface area (Å²) >= 11 is 1.65. The van der Waals surface area contributed by atoms with Crippen LogP contribution in [0, 0.1) is 0 Å². The first kappa shape index (κ1) is 23.0. The van der Waals surface area contributed by atoms with Crippen LogP contribution in [0.4, 0.5) is 4.79 Å². The molecule has 1 fully saturated rings. The fourth-order valence-corrected chi connectivity index (χ4v) is 4.52. The minimum atomic E-state index is -0.818. The van der Waals surface area contributed by atoms with Crippen molar-refractivity contribution < 1.29 is 24.2 Å². The normalized spacial score (nSPS) is 17.4. The van der Waals surface area contributed by atoms with Crippen molar-refractivity contribution >= 4 is 23.8 Å². The molecular weight excluding hydrogens is 414 g/mol. The summed E-state index contributed by atoms with van der Waals surface area (Å²) in [6.07, 6.45) is 1.06. The molecule has 0 aromatic heterocycles. The van der Waals surface area contributed by atoms with Gasteiger partial charge in [0.05, 0.1) is 12.6 Å². The van der Waals surface area contributed by atoms with Gasteiger partial charge in [0.2, 0.25) is 0 Å². The van der Waals surface area contributed by atoms with E-state index in [-0.39, 0.29) is 18.6 Å². The molecule has 1 heterocycles. The van der Waals surface area contributed by atoms with E-state index < -0.39 is 11.6 Å². The zero-order valence-electron chi connectivity index (χ0n) is 18.0. The summed E-state index contributed by atoms with van der Waals surface area (Å²) in [4.78, 5) is 26.0. The van der Waals surface area contributed by atoms with Crippen LogP contribution in [0.3, 0.4) is 0 Å². The molecule has 1 aliphatic heterocycles. The molecule has 1 N–H and O–H groups in total. The van der Waals surface area contributed by atoms with E-state index in [1.807, 2.05) is 61.2 Å². The molecule has 1 atom stereocenters. The number of carboxylic acids is 1. The third kappa shape index (κ3) is 6.66. The van der Waals surface area contributed by atoms with Gasteiger partial charge in [-0.1, -0.05) is 36.4 Å². The van der Waals surface area contributed by atoms with Crippen molar-refractivity contribution in [1.82, 2.24) is 4.90 Å². The lowest BCUT2D eigenvalue weighted by Gasteiger charge is -2.29. The van der Waals surface area contributed by atoms with E-state index in [1.54, 1.807) is 11.8 Å². The number of carboxylic acid groups (broad SMARTS) is 1. The van der Waals surface area contributed by atoms with Crippen LogP contribution in [0.2, 0.25) is 0 Å². The summed E-state index contributed by atoms with van der Waals surface area (Å²) in [6.45, 7) is 4.90. The zero-order chi connectivity index (χ0) is 22.3. The highest BCUT2D eigenvalue weighted by molar-refractivity contribution is 7.99. The minimum absolute atomic E-state index is 0.0214. The topological polar surface area (TPSA) is 76.1 Å². The Morgan fingerprint density at radius 2 is 1.97 bits per heavy atom. The van der Waals surface area contributed by atoms with E-state index in [9.17, 15) is 9.59 Å². The van der Waals surface area contributed by atoms with Crippen molar-refractivity contribution in [2.24, 2.45) is 0 Å². The Bertz CT molecular complexity index is 887. The lowest BCUT2D eigenvalue weighted by Crippen LogP contribution is -2.44. The first-order chi connectivity index (χ1) is 14.8. The predicted octanol–water partition coefficient (Wildman–Crippen LogP) is 4.86. The van der Waals surface area contributed by atoms with Crippen LogP contribution in [-0.4, -0.2) is 52.6 Å². The van der Waals surface area contributed by atoms with E-state index >= 15 is 0 Å². The number of amides is 1. The summed E-state index contributed by atoms with van der Waals surface area (Å²) in [5.41, 5.74) is 0.644. The molecule has 2 aromatic carbocycles. The summed E-state index contributed by atoms with van der Waals surface area (Å²) in [5.74, 6) is 0.639. The second-order valence-corrected chi connectivity index (χ2v) is 9.21. The molecule has 0 unspecified atom stereocenters. The number of cyclic esters (lactones) is 1. The summed E-state index contributed by atoms with van der Waals surface area (Å²) in [5, 5.41) is 8.70. The van der Waals surface area contributed by atoms with E-state index in [0.29, 0.717) is 19.6 Å². The molecule has 166 valence electrons. The average Bonchev–Trinajstić information content (AvgIpc) is 2.94. The molecule has 0 radical (unpaired) electrons. The number of nitrogens with zero attached hydrogens (tertiary/aromatic N) is 1. The monoisotopic (exact) mass is 443 g/mol. The molecule has 3 rings (SSSR count). The van der Waals surface area contributed by atoms with Crippen LogP contribution in [0.1, 0.15) is 32.3 Å². The lowest BCUT2D eigenvalue weighted by atomic mass is 9.92. The first-order valence-corrected chi connectivity index (χ1v) is 11.4. The van der Waals surface area contributed by atoms with Crippen LogP contribution in [0.25, 0.3) is 0 Å². The maximum absolute atomic E-state index is 12.5. The minimum Gasteiger partial charge on any atom is -0.494 e. The van der Waals surface area contributed by atoms with Gasteiger partial charge in [-0.05, 0) is 50.5 Å². The smallest absolute Gasteiger partial charge is 0.410 e. The number of carbonyl (C=O) groups is 2. The number of hydrogen-bond donors (Lipinski definition) is 1. The summed E-state index contributed by atoms with van der Waals surface area (Å²) in [7, 11) is 0. The second kappa shape index (κ2) is 10.6. The highest BCUT2D eigenvalue weighted by atomic mass is 32.2. The zero-order valence-corrected chi connectivity index (χ0v) is 18.8. The van der Waals surface area contributed by atoms with E-state index in [0.717, 1.165) is 22.8 Å². The molecule has 6 nitrogen and oxygen atoms in total. The highest BCUT2D eigenvalue weighted by Gasteiger charge is 2.47. The van der Waals surface area contributed by atoms with Crippen molar-refractivity contribution in [1.29, 1.82) is 0 Å². The Labute approximate surface area is 187 Å². The van der Waals surface area contributed by atoms with Gasteiger partial charge in [0.15, 0.2) is 0 Å². The largest absolute Gasteiger partial charge is 0.494 e. The molecule has 0 bridgehead atoms. The number of ether oxygens (including phenoxy) is 2. The molecule has 2 aromatic rings. The maximum atomic E-state index is 12.5. The third-order valence-corrected chi connectivity index (χ3v) is 6.22. The van der Waals surface area contributed by atoms with E-state index in [2.05, 4.69) is 12.1 Å². The number of aliphatic carboxylic acids is 1. The van der Waals surface area contributed by atoms with Crippen LogP contribution < -0.4 is 4.74 Å². The SMILES string of the molecule is CC1(C)OC(=O)N(CCSc2cccc(OCCCC(=O)O)c2)[C@H]1Cc1ccccc1. The van der Waals surface area contributed by atoms with Crippen LogP contribution in [-0.2, 0) is 16.0 Å². The van der Waals surface area contributed by atoms with Crippen molar-refractivity contribution in [2.45, 2.75) is 49.6 Å². The Morgan fingerprint density at radius 3 is 2.71 bits per heavy atom.